The first kappa shape index (κ1) is 12.6. The molecular formula is C14H25N3. The van der Waals surface area contributed by atoms with E-state index in [1.165, 1.54) is 37.8 Å². The lowest BCUT2D eigenvalue weighted by Crippen LogP contribution is -2.38. The molecule has 0 spiro atoms. The Morgan fingerprint density at radius 2 is 2.18 bits per heavy atom. The van der Waals surface area contributed by atoms with E-state index in [2.05, 4.69) is 30.3 Å². The Labute approximate surface area is 105 Å². The Morgan fingerprint density at radius 1 is 1.41 bits per heavy atom. The molecule has 0 saturated heterocycles. The van der Waals surface area contributed by atoms with Crippen LogP contribution < -0.4 is 5.32 Å². The molecule has 0 aromatic carbocycles. The third kappa shape index (κ3) is 3.09. The molecule has 1 saturated carbocycles. The molecule has 2 unspecified atom stereocenters. The van der Waals surface area contributed by atoms with Crippen molar-refractivity contribution >= 4 is 0 Å². The lowest BCUT2D eigenvalue weighted by Gasteiger charge is -2.31. The van der Waals surface area contributed by atoms with Crippen LogP contribution >= 0.6 is 0 Å². The smallest absolute Gasteiger partial charge is 0.0597 e. The van der Waals surface area contributed by atoms with Crippen molar-refractivity contribution < 1.29 is 0 Å². The fourth-order valence-electron chi connectivity index (χ4n) is 3.03. The summed E-state index contributed by atoms with van der Waals surface area (Å²) in [6.45, 7) is 5.33. The van der Waals surface area contributed by atoms with Gasteiger partial charge < -0.3 is 5.32 Å². The van der Waals surface area contributed by atoms with Crippen LogP contribution in [0.4, 0.5) is 0 Å². The minimum absolute atomic E-state index is 0.712. The molecule has 1 aliphatic carbocycles. The minimum atomic E-state index is 0.712. The molecular weight excluding hydrogens is 210 g/mol. The van der Waals surface area contributed by atoms with Gasteiger partial charge in [-0.05, 0) is 31.7 Å². The van der Waals surface area contributed by atoms with Crippen molar-refractivity contribution in [2.75, 3.05) is 0 Å². The highest BCUT2D eigenvalue weighted by Gasteiger charge is 2.23. The van der Waals surface area contributed by atoms with Crippen LogP contribution in [-0.4, -0.2) is 15.8 Å². The summed E-state index contributed by atoms with van der Waals surface area (Å²) in [5, 5.41) is 8.12. The fourth-order valence-corrected chi connectivity index (χ4v) is 3.03. The van der Waals surface area contributed by atoms with Crippen molar-refractivity contribution in [3.63, 3.8) is 0 Å². The van der Waals surface area contributed by atoms with E-state index in [1.807, 2.05) is 11.7 Å². The lowest BCUT2D eigenvalue weighted by molar-refractivity contribution is 0.253. The zero-order valence-electron chi connectivity index (χ0n) is 11.4. The molecule has 1 aromatic heterocycles. The third-order valence-electron chi connectivity index (χ3n) is 4.08. The van der Waals surface area contributed by atoms with Gasteiger partial charge in [-0.25, -0.2) is 0 Å². The normalized spacial score (nSPS) is 25.1. The van der Waals surface area contributed by atoms with Crippen LogP contribution in [0.5, 0.6) is 0 Å². The van der Waals surface area contributed by atoms with E-state index in [0.29, 0.717) is 6.04 Å². The maximum atomic E-state index is 4.39. The topological polar surface area (TPSA) is 29.9 Å². The van der Waals surface area contributed by atoms with E-state index < -0.39 is 0 Å². The van der Waals surface area contributed by atoms with E-state index in [9.17, 15) is 0 Å². The van der Waals surface area contributed by atoms with Gasteiger partial charge in [0.2, 0.25) is 0 Å². The van der Waals surface area contributed by atoms with Gasteiger partial charge in [0.25, 0.3) is 0 Å². The summed E-state index contributed by atoms with van der Waals surface area (Å²) in [6.07, 6.45) is 6.86. The maximum Gasteiger partial charge on any atom is 0.0597 e. The Hall–Kier alpha value is -0.830. The van der Waals surface area contributed by atoms with Gasteiger partial charge in [-0.1, -0.05) is 26.2 Å². The highest BCUT2D eigenvalue weighted by Crippen LogP contribution is 2.26. The van der Waals surface area contributed by atoms with Crippen molar-refractivity contribution in [2.24, 2.45) is 13.0 Å². The molecule has 2 rings (SSSR count). The summed E-state index contributed by atoms with van der Waals surface area (Å²) >= 11 is 0. The zero-order chi connectivity index (χ0) is 12.3. The SMILES string of the molecule is CCC1CCCCC1NCc1cc(C)nn1C. The zero-order valence-corrected chi connectivity index (χ0v) is 11.4. The molecule has 1 aliphatic rings. The summed E-state index contributed by atoms with van der Waals surface area (Å²) in [7, 11) is 2.03. The van der Waals surface area contributed by atoms with Gasteiger partial charge in [0.05, 0.1) is 11.4 Å². The molecule has 3 heteroatoms. The summed E-state index contributed by atoms with van der Waals surface area (Å²) < 4.78 is 1.99. The minimum Gasteiger partial charge on any atom is -0.308 e. The third-order valence-corrected chi connectivity index (χ3v) is 4.08. The number of hydrogen-bond donors (Lipinski definition) is 1. The molecule has 2 atom stereocenters. The molecule has 96 valence electrons. The highest BCUT2D eigenvalue weighted by atomic mass is 15.3. The van der Waals surface area contributed by atoms with Crippen LogP contribution in [0.15, 0.2) is 6.07 Å². The molecule has 0 bridgehead atoms. The number of rotatable bonds is 4. The first-order chi connectivity index (χ1) is 8.20. The maximum absolute atomic E-state index is 4.39. The molecule has 1 heterocycles. The fraction of sp³-hybridized carbons (Fsp3) is 0.786. The summed E-state index contributed by atoms with van der Waals surface area (Å²) in [5.74, 6) is 0.873. The van der Waals surface area contributed by atoms with Crippen LogP contribution in [0.3, 0.4) is 0 Å². The first-order valence-electron chi connectivity index (χ1n) is 6.93. The van der Waals surface area contributed by atoms with E-state index in [4.69, 9.17) is 0 Å². The van der Waals surface area contributed by atoms with Crippen molar-refractivity contribution in [2.45, 2.75) is 58.5 Å². The second-order valence-electron chi connectivity index (χ2n) is 5.34. The molecule has 17 heavy (non-hydrogen) atoms. The summed E-state index contributed by atoms with van der Waals surface area (Å²) in [4.78, 5) is 0. The molecule has 0 radical (unpaired) electrons. The Kier molecular flexibility index (Phi) is 4.21. The summed E-state index contributed by atoms with van der Waals surface area (Å²) in [5.41, 5.74) is 2.41. The van der Waals surface area contributed by atoms with Crippen molar-refractivity contribution in [1.29, 1.82) is 0 Å². The van der Waals surface area contributed by atoms with Gasteiger partial charge >= 0.3 is 0 Å². The highest BCUT2D eigenvalue weighted by molar-refractivity contribution is 5.08. The second kappa shape index (κ2) is 5.67. The molecule has 1 N–H and O–H groups in total. The van der Waals surface area contributed by atoms with Gasteiger partial charge in [-0.2, -0.15) is 5.10 Å². The molecule has 1 aromatic rings. The Balaban J connectivity index is 1.90. The lowest BCUT2D eigenvalue weighted by atomic mass is 9.83. The standard InChI is InChI=1S/C14H25N3/c1-4-12-7-5-6-8-14(12)15-10-13-9-11(2)16-17(13)3/h9,12,14-15H,4-8,10H2,1-3H3. The van der Waals surface area contributed by atoms with Gasteiger partial charge in [-0.3, -0.25) is 4.68 Å². The van der Waals surface area contributed by atoms with Crippen LogP contribution in [0.1, 0.15) is 50.4 Å². The van der Waals surface area contributed by atoms with Crippen LogP contribution in [0.25, 0.3) is 0 Å². The number of aromatic nitrogens is 2. The van der Waals surface area contributed by atoms with Crippen LogP contribution in [0.2, 0.25) is 0 Å². The average molecular weight is 235 g/mol. The van der Waals surface area contributed by atoms with Crippen LogP contribution in [-0.2, 0) is 13.6 Å². The van der Waals surface area contributed by atoms with Crippen molar-refractivity contribution in [3.05, 3.63) is 17.5 Å². The number of hydrogen-bond acceptors (Lipinski definition) is 2. The van der Waals surface area contributed by atoms with Crippen molar-refractivity contribution in [1.82, 2.24) is 15.1 Å². The largest absolute Gasteiger partial charge is 0.308 e. The predicted octanol–water partition coefficient (Wildman–Crippen LogP) is 2.79. The van der Waals surface area contributed by atoms with Gasteiger partial charge in [0.1, 0.15) is 0 Å². The molecule has 3 nitrogen and oxygen atoms in total. The Bertz CT molecular complexity index is 356. The van der Waals surface area contributed by atoms with E-state index in [-0.39, 0.29) is 0 Å². The van der Waals surface area contributed by atoms with Gasteiger partial charge in [0, 0.05) is 19.6 Å². The van der Waals surface area contributed by atoms with E-state index in [0.717, 1.165) is 18.2 Å². The second-order valence-corrected chi connectivity index (χ2v) is 5.34. The molecule has 1 fully saturated rings. The van der Waals surface area contributed by atoms with E-state index >= 15 is 0 Å². The number of nitrogens with zero attached hydrogens (tertiary/aromatic N) is 2. The van der Waals surface area contributed by atoms with Gasteiger partial charge in [0.15, 0.2) is 0 Å². The summed E-state index contributed by atoms with van der Waals surface area (Å²) in [6, 6.07) is 2.89. The van der Waals surface area contributed by atoms with E-state index in [1.54, 1.807) is 0 Å². The molecule has 0 aliphatic heterocycles. The number of nitrogens with one attached hydrogen (secondary N) is 1. The molecule has 0 amide bonds. The van der Waals surface area contributed by atoms with Crippen molar-refractivity contribution in [3.8, 4) is 0 Å². The van der Waals surface area contributed by atoms with Crippen LogP contribution in [0, 0.1) is 12.8 Å². The quantitative estimate of drug-likeness (QED) is 0.869. The first-order valence-corrected chi connectivity index (χ1v) is 6.93. The Morgan fingerprint density at radius 3 is 2.82 bits per heavy atom. The monoisotopic (exact) mass is 235 g/mol. The predicted molar refractivity (Wildman–Crippen MR) is 70.8 cm³/mol. The number of aryl methyl sites for hydroxylation is 2. The average Bonchev–Trinajstić information content (AvgIpc) is 2.65. The van der Waals surface area contributed by atoms with Gasteiger partial charge in [-0.15, -0.1) is 0 Å².